The van der Waals surface area contributed by atoms with Crippen LogP contribution in [0.4, 0.5) is 0 Å². The van der Waals surface area contributed by atoms with Gasteiger partial charge in [-0.25, -0.2) is 0 Å². The van der Waals surface area contributed by atoms with Crippen LogP contribution in [0.1, 0.15) is 23.0 Å². The molecule has 1 aromatic carbocycles. The second-order valence-electron chi connectivity index (χ2n) is 9.15. The van der Waals surface area contributed by atoms with Gasteiger partial charge in [-0.3, -0.25) is 0 Å². The third-order valence-electron chi connectivity index (χ3n) is 8.17. The van der Waals surface area contributed by atoms with E-state index >= 15 is 0 Å². The van der Waals surface area contributed by atoms with E-state index in [0.29, 0.717) is 0 Å². The van der Waals surface area contributed by atoms with Gasteiger partial charge in [0.25, 0.3) is 0 Å². The lowest BCUT2D eigenvalue weighted by Crippen LogP contribution is -2.53. The van der Waals surface area contributed by atoms with E-state index in [1.165, 1.54) is 0 Å². The molecule has 0 nitrogen and oxygen atoms in total. The van der Waals surface area contributed by atoms with Crippen LogP contribution in [0.25, 0.3) is 0 Å². The van der Waals surface area contributed by atoms with Crippen molar-refractivity contribution in [3.05, 3.63) is 52.3 Å². The molecular formula is C20H6Br2Cl12. The van der Waals surface area contributed by atoms with Crippen LogP contribution in [0.5, 0.6) is 0 Å². The first-order valence-electron chi connectivity index (χ1n) is 9.53. The van der Waals surface area contributed by atoms with Gasteiger partial charge in [-0.1, -0.05) is 92.8 Å². The van der Waals surface area contributed by atoms with Crippen molar-refractivity contribution in [1.82, 2.24) is 0 Å². The molecule has 0 N–H and O–H groups in total. The Bertz CT molecular complexity index is 1190. The van der Waals surface area contributed by atoms with E-state index in [1.54, 1.807) is 0 Å². The number of halogens is 14. The molecule has 2 saturated carbocycles. The summed E-state index contributed by atoms with van der Waals surface area (Å²) in [6, 6.07) is 3.77. The van der Waals surface area contributed by atoms with Gasteiger partial charge in [0.15, 0.2) is 8.67 Å². The first kappa shape index (κ1) is 27.3. The predicted molar refractivity (Wildman–Crippen MR) is 155 cm³/mol. The zero-order valence-corrected chi connectivity index (χ0v) is 28.0. The Morgan fingerprint density at radius 3 is 1.06 bits per heavy atom. The van der Waals surface area contributed by atoms with E-state index in [-0.39, 0.29) is 20.1 Å². The number of alkyl halides is 8. The quantitative estimate of drug-likeness (QED) is 0.229. The maximum atomic E-state index is 7.30. The van der Waals surface area contributed by atoms with Crippen molar-refractivity contribution in [1.29, 1.82) is 0 Å². The standard InChI is InChI=1S/C20H6Br2Cl12/c21-5-1-3-4(2-6(5)22)8-10(18(30)14(26)12(24)16(8,28)20(18,33)34)9-7(3)15(27)11(23)13(25)17(9,29)19(15,31)32/h1-2,7-10H/t7?,8?,9?,10?,15-,16+,17+,18-. The number of hydrogen-bond acceptors (Lipinski definition) is 0. The van der Waals surface area contributed by atoms with Gasteiger partial charge in [-0.15, -0.1) is 46.4 Å². The van der Waals surface area contributed by atoms with Crippen LogP contribution in [0, 0.1) is 11.8 Å². The Morgan fingerprint density at radius 1 is 0.500 bits per heavy atom. The van der Waals surface area contributed by atoms with Crippen molar-refractivity contribution in [2.45, 2.75) is 40.0 Å². The van der Waals surface area contributed by atoms with Crippen LogP contribution in [-0.4, -0.2) is 28.2 Å². The fourth-order valence-corrected chi connectivity index (χ4v) is 13.7. The minimum absolute atomic E-state index is 0.0306. The van der Waals surface area contributed by atoms with E-state index in [1.807, 2.05) is 12.1 Å². The lowest BCUT2D eigenvalue weighted by atomic mass is 9.57. The maximum absolute atomic E-state index is 7.30. The van der Waals surface area contributed by atoms with Gasteiger partial charge in [-0.2, -0.15) is 0 Å². The third-order valence-corrected chi connectivity index (χ3v) is 18.6. The van der Waals surface area contributed by atoms with Crippen molar-refractivity contribution in [2.24, 2.45) is 11.8 Å². The summed E-state index contributed by atoms with van der Waals surface area (Å²) in [5, 5.41) is 0.192. The highest BCUT2D eigenvalue weighted by Gasteiger charge is 2.91. The van der Waals surface area contributed by atoms with Gasteiger partial charge in [-0.05, 0) is 55.1 Å². The lowest BCUT2D eigenvalue weighted by molar-refractivity contribution is 0.201. The lowest BCUT2D eigenvalue weighted by Gasteiger charge is -2.52. The average Bonchev–Trinajstić information content (AvgIpc) is 3.09. The van der Waals surface area contributed by atoms with Gasteiger partial charge < -0.3 is 0 Å². The van der Waals surface area contributed by atoms with E-state index in [2.05, 4.69) is 31.9 Å². The molecular weight excluding hydrogens is 825 g/mol. The molecule has 1 aromatic rings. The summed E-state index contributed by atoms with van der Waals surface area (Å²) in [5.41, 5.74) is 1.48. The Hall–Kier alpha value is 3.14. The minimum Gasteiger partial charge on any atom is -0.109 e. The Morgan fingerprint density at radius 2 is 0.765 bits per heavy atom. The average molecular weight is 832 g/mol. The fourth-order valence-electron chi connectivity index (χ4n) is 6.89. The molecule has 5 aliphatic rings. The smallest absolute Gasteiger partial charge is 0.109 e. The normalized spacial score (nSPS) is 49.0. The molecule has 4 unspecified atom stereocenters. The molecule has 34 heavy (non-hydrogen) atoms. The second-order valence-corrected chi connectivity index (χ2v) is 17.4. The highest BCUT2D eigenvalue weighted by Crippen LogP contribution is 2.88. The number of fused-ring (bicyclic) bond motifs is 14. The van der Waals surface area contributed by atoms with Crippen molar-refractivity contribution in [3.63, 3.8) is 0 Å². The number of allylic oxidation sites excluding steroid dienone is 4. The summed E-state index contributed by atoms with van der Waals surface area (Å²) in [5.74, 6) is -2.76. The predicted octanol–water partition coefficient (Wildman–Crippen LogP) is 11.3. The van der Waals surface area contributed by atoms with Gasteiger partial charge >= 0.3 is 0 Å². The van der Waals surface area contributed by atoms with E-state index in [0.717, 1.165) is 20.1 Å². The molecule has 5 aliphatic carbocycles. The summed E-state index contributed by atoms with van der Waals surface area (Å²) < 4.78 is -2.19. The van der Waals surface area contributed by atoms with E-state index in [4.69, 9.17) is 139 Å². The largest absolute Gasteiger partial charge is 0.167 e. The fraction of sp³-hybridized carbons (Fsp3) is 0.500. The molecule has 0 heterocycles. The summed E-state index contributed by atoms with van der Waals surface area (Å²) in [6.07, 6.45) is 0. The highest BCUT2D eigenvalue weighted by atomic mass is 79.9. The van der Waals surface area contributed by atoms with Crippen LogP contribution in [0.15, 0.2) is 41.2 Å². The molecule has 8 atom stereocenters. The number of hydrogen-bond donors (Lipinski definition) is 0. The molecule has 184 valence electrons. The minimum atomic E-state index is -1.84. The van der Waals surface area contributed by atoms with E-state index < -0.39 is 51.8 Å². The molecule has 6 rings (SSSR count). The van der Waals surface area contributed by atoms with Gasteiger partial charge in [0, 0.05) is 32.6 Å². The summed E-state index contributed by atoms with van der Waals surface area (Å²) in [7, 11) is 0. The Kier molecular flexibility index (Phi) is 6.03. The van der Waals surface area contributed by atoms with Crippen molar-refractivity contribution >= 4 is 171 Å². The molecule has 0 aliphatic heterocycles. The molecule has 0 radical (unpaired) electrons. The van der Waals surface area contributed by atoms with Crippen molar-refractivity contribution < 1.29 is 0 Å². The summed E-state index contributed by atoms with van der Waals surface area (Å²) in [6.45, 7) is 0. The van der Waals surface area contributed by atoms with Gasteiger partial charge in [0.1, 0.15) is 19.5 Å². The Labute approximate surface area is 272 Å². The number of benzene rings is 1. The monoisotopic (exact) mass is 824 g/mol. The Balaban J connectivity index is 1.80. The van der Waals surface area contributed by atoms with Crippen LogP contribution in [0.2, 0.25) is 0 Å². The third kappa shape index (κ3) is 2.38. The van der Waals surface area contributed by atoms with Crippen LogP contribution in [0.3, 0.4) is 0 Å². The van der Waals surface area contributed by atoms with Gasteiger partial charge in [0.05, 0.1) is 20.1 Å². The molecule has 2 fully saturated rings. The molecule has 4 bridgehead atoms. The maximum Gasteiger partial charge on any atom is 0.167 e. The molecule has 0 amide bonds. The molecule has 0 aromatic heterocycles. The number of rotatable bonds is 0. The van der Waals surface area contributed by atoms with E-state index in [9.17, 15) is 0 Å². The van der Waals surface area contributed by atoms with Crippen LogP contribution >= 0.6 is 171 Å². The zero-order chi connectivity index (χ0) is 25.3. The molecule has 14 heteroatoms. The van der Waals surface area contributed by atoms with Crippen LogP contribution < -0.4 is 0 Å². The molecule has 0 spiro atoms. The summed E-state index contributed by atoms with van der Waals surface area (Å²) in [4.78, 5) is -6.50. The first-order chi connectivity index (χ1) is 15.4. The summed E-state index contributed by atoms with van der Waals surface area (Å²) >= 11 is 91.0. The SMILES string of the molecule is ClC1=C(Cl)[C@]2(Cl)C3c4cc(Br)c(Br)cc4C4C(C3[C@@]1(Cl)C2(Cl)Cl)[C@@]1(Cl)C(Cl)=C(Cl)[C@]4(Cl)C1(Cl)Cl. The van der Waals surface area contributed by atoms with Crippen molar-refractivity contribution in [2.75, 3.05) is 0 Å². The second kappa shape index (κ2) is 7.50. The molecule has 0 saturated heterocycles. The van der Waals surface area contributed by atoms with Crippen molar-refractivity contribution in [3.8, 4) is 0 Å². The topological polar surface area (TPSA) is 0 Å². The zero-order valence-electron chi connectivity index (χ0n) is 15.8. The highest BCUT2D eigenvalue weighted by molar-refractivity contribution is 9.13. The van der Waals surface area contributed by atoms with Gasteiger partial charge in [0.2, 0.25) is 0 Å². The first-order valence-corrected chi connectivity index (χ1v) is 15.7. The van der Waals surface area contributed by atoms with Crippen LogP contribution in [-0.2, 0) is 0 Å².